The molecule has 2 atom stereocenters. The van der Waals surface area contributed by atoms with Crippen molar-refractivity contribution in [2.24, 2.45) is 10.9 Å². The first kappa shape index (κ1) is 19.8. The van der Waals surface area contributed by atoms with Crippen molar-refractivity contribution in [3.05, 3.63) is 29.8 Å². The van der Waals surface area contributed by atoms with Gasteiger partial charge < -0.3 is 10.6 Å². The fourth-order valence-corrected chi connectivity index (χ4v) is 4.77. The van der Waals surface area contributed by atoms with Crippen molar-refractivity contribution >= 4 is 21.8 Å². The van der Waals surface area contributed by atoms with Gasteiger partial charge in [-0.1, -0.05) is 25.5 Å². The normalized spacial score (nSPS) is 25.0. The molecule has 1 saturated heterocycles. The largest absolute Gasteiger partial charge is 0.353 e. The molecule has 2 aliphatic rings. The molecule has 1 aromatic carbocycles. The number of amidine groups is 1. The molecule has 27 heavy (non-hydrogen) atoms. The van der Waals surface area contributed by atoms with Crippen molar-refractivity contribution in [2.45, 2.75) is 50.0 Å². The number of nitrogens with zero attached hydrogens (tertiary/aromatic N) is 1. The van der Waals surface area contributed by atoms with Gasteiger partial charge in [0.1, 0.15) is 5.84 Å². The summed E-state index contributed by atoms with van der Waals surface area (Å²) in [4.78, 5) is 16.8. The van der Waals surface area contributed by atoms with Gasteiger partial charge in [-0.15, -0.1) is 0 Å². The van der Waals surface area contributed by atoms with Crippen LogP contribution in [0.3, 0.4) is 0 Å². The Morgan fingerprint density at radius 3 is 2.89 bits per heavy atom. The minimum atomic E-state index is -3.47. The summed E-state index contributed by atoms with van der Waals surface area (Å²) >= 11 is 0. The monoisotopic (exact) mass is 392 g/mol. The highest BCUT2D eigenvalue weighted by molar-refractivity contribution is 7.90. The first-order valence-electron chi connectivity index (χ1n) is 9.64. The van der Waals surface area contributed by atoms with Crippen molar-refractivity contribution < 1.29 is 13.2 Å². The van der Waals surface area contributed by atoms with Gasteiger partial charge in [-0.2, -0.15) is 0 Å². The lowest BCUT2D eigenvalue weighted by Gasteiger charge is -2.30. The Bertz CT molecular complexity index is 807. The summed E-state index contributed by atoms with van der Waals surface area (Å²) < 4.78 is 26.5. The molecule has 0 radical (unpaired) electrons. The molecule has 0 saturated carbocycles. The van der Waals surface area contributed by atoms with E-state index in [2.05, 4.69) is 27.3 Å². The molecular weight excluding hydrogens is 364 g/mol. The van der Waals surface area contributed by atoms with E-state index in [1.54, 1.807) is 24.3 Å². The van der Waals surface area contributed by atoms with Crippen molar-refractivity contribution in [1.29, 1.82) is 0 Å². The molecule has 0 spiro atoms. The number of piperidine rings is 1. The molecule has 8 heteroatoms. The number of amides is 1. The smallest absolute Gasteiger partial charge is 0.263 e. The molecule has 1 aromatic rings. The molecule has 0 aromatic heterocycles. The Morgan fingerprint density at radius 1 is 1.26 bits per heavy atom. The molecular formula is C19H28N4O3S. The predicted molar refractivity (Wildman–Crippen MR) is 105 cm³/mol. The quantitative estimate of drug-likeness (QED) is 0.611. The van der Waals surface area contributed by atoms with Crippen LogP contribution >= 0.6 is 0 Å². The van der Waals surface area contributed by atoms with E-state index in [0.29, 0.717) is 30.3 Å². The van der Waals surface area contributed by atoms with E-state index in [9.17, 15) is 13.2 Å². The second kappa shape index (κ2) is 8.84. The molecule has 3 rings (SSSR count). The second-order valence-corrected chi connectivity index (χ2v) is 8.94. The third-order valence-corrected chi connectivity index (χ3v) is 6.52. The zero-order valence-corrected chi connectivity index (χ0v) is 16.5. The first-order chi connectivity index (χ1) is 13.0. The third-order valence-electron chi connectivity index (χ3n) is 5.13. The van der Waals surface area contributed by atoms with E-state index in [0.717, 1.165) is 38.8 Å². The van der Waals surface area contributed by atoms with Gasteiger partial charge in [0.15, 0.2) is 0 Å². The summed E-state index contributed by atoms with van der Waals surface area (Å²) in [6.45, 7) is 4.62. The van der Waals surface area contributed by atoms with Gasteiger partial charge in [-0.05, 0) is 50.4 Å². The number of fused-ring (bicyclic) bond motifs is 1. The Morgan fingerprint density at radius 2 is 2.07 bits per heavy atom. The van der Waals surface area contributed by atoms with E-state index in [-0.39, 0.29) is 16.8 Å². The van der Waals surface area contributed by atoms with E-state index in [1.165, 1.54) is 0 Å². The topological polar surface area (TPSA) is 99.7 Å². The summed E-state index contributed by atoms with van der Waals surface area (Å²) in [6, 6.07) is 7.13. The number of rotatable bonds is 7. The van der Waals surface area contributed by atoms with Crippen LogP contribution in [0.25, 0.3) is 0 Å². The Kier molecular flexibility index (Phi) is 6.49. The van der Waals surface area contributed by atoms with Gasteiger partial charge in [0.25, 0.3) is 10.0 Å². The molecule has 1 amide bonds. The SMILES string of the molecule is CC1CNCCC1NC(=O)CCCCCN=C1NS(=O)(=O)c2ccccc21. The number of unbranched alkanes of at least 4 members (excludes halogenated alkanes) is 2. The minimum absolute atomic E-state index is 0.123. The summed E-state index contributed by atoms with van der Waals surface area (Å²) in [5.41, 5.74) is 0.632. The minimum Gasteiger partial charge on any atom is -0.353 e. The van der Waals surface area contributed by atoms with Gasteiger partial charge in [0, 0.05) is 24.6 Å². The standard InChI is InChI=1S/C19H28N4O3S/c1-14-13-20-12-10-16(14)22-18(24)9-3-2-6-11-21-19-15-7-4-5-8-17(15)27(25,26)23-19/h4-5,7-8,14,16,20H,2-3,6,9-13H2,1H3,(H,21,23)(H,22,24). The molecule has 2 aliphatic heterocycles. The number of carbonyl (C=O) groups excluding carboxylic acids is 1. The van der Waals surface area contributed by atoms with Crippen LogP contribution in [0.15, 0.2) is 34.2 Å². The molecule has 2 heterocycles. The van der Waals surface area contributed by atoms with Crippen LogP contribution < -0.4 is 15.4 Å². The van der Waals surface area contributed by atoms with E-state index < -0.39 is 10.0 Å². The Labute approximate surface area is 161 Å². The maximum atomic E-state index is 12.1. The fourth-order valence-electron chi connectivity index (χ4n) is 3.52. The predicted octanol–water partition coefficient (Wildman–Crippen LogP) is 1.40. The van der Waals surface area contributed by atoms with Gasteiger partial charge in [-0.25, -0.2) is 8.42 Å². The van der Waals surface area contributed by atoms with E-state index in [1.807, 2.05) is 0 Å². The lowest BCUT2D eigenvalue weighted by Crippen LogP contribution is -2.48. The van der Waals surface area contributed by atoms with Gasteiger partial charge >= 0.3 is 0 Å². The lowest BCUT2D eigenvalue weighted by atomic mass is 9.95. The Hall–Kier alpha value is -1.93. The zero-order valence-electron chi connectivity index (χ0n) is 15.7. The van der Waals surface area contributed by atoms with E-state index >= 15 is 0 Å². The number of sulfonamides is 1. The summed E-state index contributed by atoms with van der Waals surface area (Å²) in [6.07, 6.45) is 4.05. The maximum Gasteiger partial charge on any atom is 0.263 e. The number of nitrogens with one attached hydrogen (secondary N) is 3. The lowest BCUT2D eigenvalue weighted by molar-refractivity contribution is -0.122. The van der Waals surface area contributed by atoms with Gasteiger partial charge in [0.2, 0.25) is 5.91 Å². The highest BCUT2D eigenvalue weighted by Gasteiger charge is 2.29. The Balaban J connectivity index is 1.37. The van der Waals surface area contributed by atoms with Gasteiger partial charge in [-0.3, -0.25) is 14.5 Å². The van der Waals surface area contributed by atoms with E-state index in [4.69, 9.17) is 0 Å². The molecule has 7 nitrogen and oxygen atoms in total. The van der Waals surface area contributed by atoms with Crippen molar-refractivity contribution in [3.8, 4) is 0 Å². The van der Waals surface area contributed by atoms with Crippen molar-refractivity contribution in [3.63, 3.8) is 0 Å². The van der Waals surface area contributed by atoms with Crippen LogP contribution in [0, 0.1) is 5.92 Å². The number of hydrogen-bond donors (Lipinski definition) is 3. The number of aliphatic imine (C=N–C) groups is 1. The summed E-state index contributed by atoms with van der Waals surface area (Å²) in [7, 11) is -3.47. The highest BCUT2D eigenvalue weighted by Crippen LogP contribution is 2.22. The van der Waals surface area contributed by atoms with Gasteiger partial charge in [0.05, 0.1) is 4.90 Å². The number of hydrogen-bond acceptors (Lipinski definition) is 5. The number of carbonyl (C=O) groups is 1. The highest BCUT2D eigenvalue weighted by atomic mass is 32.2. The second-order valence-electron chi connectivity index (χ2n) is 7.29. The molecule has 2 unspecified atom stereocenters. The molecule has 148 valence electrons. The average Bonchev–Trinajstić information content (AvgIpc) is 2.91. The molecule has 0 bridgehead atoms. The molecule has 3 N–H and O–H groups in total. The summed E-state index contributed by atoms with van der Waals surface area (Å²) in [5.74, 6) is 1.01. The number of benzene rings is 1. The van der Waals surface area contributed by atoms with Crippen molar-refractivity contribution in [1.82, 2.24) is 15.4 Å². The zero-order chi connectivity index (χ0) is 19.3. The fraction of sp³-hybridized carbons (Fsp3) is 0.579. The summed E-state index contributed by atoms with van der Waals surface area (Å²) in [5, 5.41) is 6.47. The van der Waals surface area contributed by atoms with Crippen LogP contribution in [0.4, 0.5) is 0 Å². The molecule has 0 aliphatic carbocycles. The maximum absolute atomic E-state index is 12.1. The first-order valence-corrected chi connectivity index (χ1v) is 11.1. The van der Waals surface area contributed by atoms with Crippen LogP contribution in [0.1, 0.15) is 44.6 Å². The molecule has 1 fully saturated rings. The van der Waals surface area contributed by atoms with Crippen LogP contribution in [-0.2, 0) is 14.8 Å². The van der Waals surface area contributed by atoms with Crippen LogP contribution in [0.5, 0.6) is 0 Å². The van der Waals surface area contributed by atoms with Crippen LogP contribution in [0.2, 0.25) is 0 Å². The van der Waals surface area contributed by atoms with Crippen molar-refractivity contribution in [2.75, 3.05) is 19.6 Å². The van der Waals surface area contributed by atoms with Crippen LogP contribution in [-0.4, -0.2) is 45.8 Å². The third kappa shape index (κ3) is 5.07. The average molecular weight is 393 g/mol.